The maximum Gasteiger partial charge on any atom is 0.226 e. The number of hydrogen-bond donors (Lipinski definition) is 0. The van der Waals surface area contributed by atoms with E-state index in [0.717, 1.165) is 22.6 Å². The average molecular weight is 337 g/mol. The predicted molar refractivity (Wildman–Crippen MR) is 98.9 cm³/mol. The van der Waals surface area contributed by atoms with Gasteiger partial charge in [0.2, 0.25) is 5.89 Å². The van der Waals surface area contributed by atoms with E-state index >= 15 is 0 Å². The molecule has 3 aromatic rings. The normalized spacial score (nSPS) is 12.5. The van der Waals surface area contributed by atoms with E-state index in [0.29, 0.717) is 17.4 Å². The van der Waals surface area contributed by atoms with Gasteiger partial charge in [-0.3, -0.25) is 4.21 Å². The van der Waals surface area contributed by atoms with Crippen molar-refractivity contribution in [1.29, 1.82) is 0 Å². The third-order valence-electron chi connectivity index (χ3n) is 3.60. The van der Waals surface area contributed by atoms with Crippen molar-refractivity contribution in [2.45, 2.75) is 12.7 Å². The van der Waals surface area contributed by atoms with E-state index in [1.54, 1.807) is 0 Å². The Balaban J connectivity index is 1.63. The smallest absolute Gasteiger partial charge is 0.226 e. The van der Waals surface area contributed by atoms with Crippen LogP contribution in [0.25, 0.3) is 17.5 Å². The van der Waals surface area contributed by atoms with Gasteiger partial charge in [0.25, 0.3) is 0 Å². The molecule has 1 unspecified atom stereocenters. The Labute approximate surface area is 144 Å². The van der Waals surface area contributed by atoms with Crippen LogP contribution in [0.4, 0.5) is 0 Å². The molecule has 0 saturated heterocycles. The maximum atomic E-state index is 12.3. The summed E-state index contributed by atoms with van der Waals surface area (Å²) >= 11 is 0. The monoisotopic (exact) mass is 337 g/mol. The van der Waals surface area contributed by atoms with Crippen molar-refractivity contribution in [3.05, 3.63) is 83.8 Å². The van der Waals surface area contributed by atoms with Crippen LogP contribution in [0.2, 0.25) is 0 Å². The molecule has 0 saturated carbocycles. The van der Waals surface area contributed by atoms with Crippen LogP contribution >= 0.6 is 0 Å². The Kier molecular flexibility index (Phi) is 5.39. The minimum Gasteiger partial charge on any atom is -0.441 e. The summed E-state index contributed by atoms with van der Waals surface area (Å²) in [6.45, 7) is 1.87. The second-order valence-electron chi connectivity index (χ2n) is 5.45. The summed E-state index contributed by atoms with van der Waals surface area (Å²) in [6, 6.07) is 19.7. The van der Waals surface area contributed by atoms with E-state index in [9.17, 15) is 4.21 Å². The van der Waals surface area contributed by atoms with Crippen LogP contribution < -0.4 is 0 Å². The van der Waals surface area contributed by atoms with E-state index in [2.05, 4.69) is 4.98 Å². The Morgan fingerprint density at radius 2 is 1.71 bits per heavy atom. The third-order valence-corrected chi connectivity index (χ3v) is 4.76. The molecule has 0 aliphatic carbocycles. The summed E-state index contributed by atoms with van der Waals surface area (Å²) < 4.78 is 18.0. The lowest BCUT2D eigenvalue weighted by atomic mass is 10.2. The van der Waals surface area contributed by atoms with E-state index in [1.165, 1.54) is 0 Å². The molecule has 1 atom stereocenters. The molecule has 0 fully saturated rings. The molecule has 4 heteroatoms. The second kappa shape index (κ2) is 7.88. The minimum absolute atomic E-state index is 0.404. The van der Waals surface area contributed by atoms with Crippen molar-refractivity contribution >= 4 is 16.9 Å². The van der Waals surface area contributed by atoms with Gasteiger partial charge in [-0.1, -0.05) is 60.7 Å². The Morgan fingerprint density at radius 3 is 2.42 bits per heavy atom. The molecule has 0 spiro atoms. The van der Waals surface area contributed by atoms with Crippen molar-refractivity contribution in [1.82, 2.24) is 4.98 Å². The first-order valence-electron chi connectivity index (χ1n) is 7.80. The standard InChI is InChI=1S/C20H19NO2S/c1-16-19(21-20(23-16)18-12-6-3-7-13-18)15-24(22)14-8-11-17-9-4-2-5-10-17/h2-13H,14-15H2,1H3/b11-8+. The van der Waals surface area contributed by atoms with Crippen LogP contribution in [0.5, 0.6) is 0 Å². The summed E-state index contributed by atoms with van der Waals surface area (Å²) in [6.07, 6.45) is 3.93. The fraction of sp³-hybridized carbons (Fsp3) is 0.150. The van der Waals surface area contributed by atoms with E-state index < -0.39 is 10.8 Å². The summed E-state index contributed by atoms with van der Waals surface area (Å²) in [5.41, 5.74) is 2.81. The molecule has 122 valence electrons. The van der Waals surface area contributed by atoms with Gasteiger partial charge in [-0.2, -0.15) is 0 Å². The Morgan fingerprint density at radius 1 is 1.04 bits per heavy atom. The van der Waals surface area contributed by atoms with Gasteiger partial charge in [-0.25, -0.2) is 4.98 Å². The molecular formula is C20H19NO2S. The fourth-order valence-corrected chi connectivity index (χ4v) is 3.33. The first-order valence-corrected chi connectivity index (χ1v) is 9.29. The molecule has 0 N–H and O–H groups in total. The van der Waals surface area contributed by atoms with Crippen LogP contribution in [0.15, 0.2) is 71.2 Å². The highest BCUT2D eigenvalue weighted by Gasteiger charge is 2.13. The molecule has 0 radical (unpaired) electrons. The van der Waals surface area contributed by atoms with Crippen LogP contribution in [-0.2, 0) is 16.6 Å². The molecule has 0 aliphatic rings. The highest BCUT2D eigenvalue weighted by atomic mass is 32.2. The zero-order chi connectivity index (χ0) is 16.8. The van der Waals surface area contributed by atoms with E-state index in [-0.39, 0.29) is 0 Å². The molecule has 1 heterocycles. The van der Waals surface area contributed by atoms with Crippen LogP contribution in [0, 0.1) is 6.92 Å². The molecule has 0 aliphatic heterocycles. The molecule has 0 bridgehead atoms. The third kappa shape index (κ3) is 4.30. The fourth-order valence-electron chi connectivity index (χ4n) is 2.33. The number of aromatic nitrogens is 1. The Bertz CT molecular complexity index is 839. The number of oxazole rings is 1. The van der Waals surface area contributed by atoms with Gasteiger partial charge in [0.05, 0.1) is 11.4 Å². The molecule has 2 aromatic carbocycles. The molecule has 1 aromatic heterocycles. The molecule has 0 amide bonds. The quantitative estimate of drug-likeness (QED) is 0.659. The predicted octanol–water partition coefficient (Wildman–Crippen LogP) is 4.61. The lowest BCUT2D eigenvalue weighted by Crippen LogP contribution is -2.00. The summed E-state index contributed by atoms with van der Waals surface area (Å²) in [7, 11) is -1.01. The lowest BCUT2D eigenvalue weighted by Gasteiger charge is -1.96. The van der Waals surface area contributed by atoms with Gasteiger partial charge in [0.15, 0.2) is 0 Å². The number of nitrogens with zero attached hydrogens (tertiary/aromatic N) is 1. The number of aryl methyl sites for hydroxylation is 1. The van der Waals surface area contributed by atoms with Gasteiger partial charge < -0.3 is 4.42 Å². The minimum atomic E-state index is -1.01. The zero-order valence-corrected chi connectivity index (χ0v) is 14.3. The van der Waals surface area contributed by atoms with Gasteiger partial charge in [-0.15, -0.1) is 0 Å². The summed E-state index contributed by atoms with van der Waals surface area (Å²) in [4.78, 5) is 4.50. The van der Waals surface area contributed by atoms with Crippen molar-refractivity contribution in [3.63, 3.8) is 0 Å². The summed E-state index contributed by atoms with van der Waals surface area (Å²) in [5.74, 6) is 2.22. The number of rotatable bonds is 6. The molecule has 24 heavy (non-hydrogen) atoms. The first-order chi connectivity index (χ1) is 11.7. The van der Waals surface area contributed by atoms with Crippen molar-refractivity contribution in [2.24, 2.45) is 0 Å². The van der Waals surface area contributed by atoms with Gasteiger partial charge >= 0.3 is 0 Å². The second-order valence-corrected chi connectivity index (χ2v) is 6.95. The summed E-state index contributed by atoms with van der Waals surface area (Å²) in [5, 5.41) is 0. The zero-order valence-electron chi connectivity index (χ0n) is 13.5. The van der Waals surface area contributed by atoms with Crippen LogP contribution in [0.3, 0.4) is 0 Å². The number of benzene rings is 2. The van der Waals surface area contributed by atoms with Gasteiger partial charge in [0, 0.05) is 22.1 Å². The van der Waals surface area contributed by atoms with E-state index in [4.69, 9.17) is 4.42 Å². The first kappa shape index (κ1) is 16.4. The molecule has 3 nitrogen and oxygen atoms in total. The lowest BCUT2D eigenvalue weighted by molar-refractivity contribution is 0.540. The Hall–Kier alpha value is -2.46. The molecular weight excluding hydrogens is 318 g/mol. The highest BCUT2D eigenvalue weighted by molar-refractivity contribution is 7.84. The largest absolute Gasteiger partial charge is 0.441 e. The van der Waals surface area contributed by atoms with Crippen LogP contribution in [-0.4, -0.2) is 14.9 Å². The number of hydrogen-bond acceptors (Lipinski definition) is 3. The average Bonchev–Trinajstić information content (AvgIpc) is 2.97. The SMILES string of the molecule is Cc1oc(-c2ccccc2)nc1CS(=O)C/C=C/c1ccccc1. The van der Waals surface area contributed by atoms with Crippen molar-refractivity contribution < 1.29 is 8.63 Å². The van der Waals surface area contributed by atoms with E-state index in [1.807, 2.05) is 79.7 Å². The van der Waals surface area contributed by atoms with Gasteiger partial charge in [0.1, 0.15) is 5.76 Å². The van der Waals surface area contributed by atoms with Crippen molar-refractivity contribution in [2.75, 3.05) is 5.75 Å². The topological polar surface area (TPSA) is 43.1 Å². The maximum absolute atomic E-state index is 12.3. The van der Waals surface area contributed by atoms with Gasteiger partial charge in [-0.05, 0) is 24.6 Å². The van der Waals surface area contributed by atoms with Crippen molar-refractivity contribution in [3.8, 4) is 11.5 Å². The molecule has 3 rings (SSSR count). The highest BCUT2D eigenvalue weighted by Crippen LogP contribution is 2.22. The van der Waals surface area contributed by atoms with Crippen LogP contribution in [0.1, 0.15) is 17.0 Å².